The van der Waals surface area contributed by atoms with Crippen molar-refractivity contribution < 1.29 is 9.53 Å². The molecule has 2 aromatic carbocycles. The molecule has 0 radical (unpaired) electrons. The molecule has 3 nitrogen and oxygen atoms in total. The average Bonchev–Trinajstić information content (AvgIpc) is 2.49. The van der Waals surface area contributed by atoms with Crippen LogP contribution in [0.2, 0.25) is 0 Å². The van der Waals surface area contributed by atoms with Crippen LogP contribution in [0.15, 0.2) is 48.5 Å². The lowest BCUT2D eigenvalue weighted by Gasteiger charge is -2.41. The first-order chi connectivity index (χ1) is 10.7. The summed E-state index contributed by atoms with van der Waals surface area (Å²) in [7, 11) is 1.66. The molecule has 1 aliphatic rings. The van der Waals surface area contributed by atoms with E-state index in [1.165, 1.54) is 0 Å². The molecule has 0 heterocycles. The van der Waals surface area contributed by atoms with Crippen molar-refractivity contribution in [2.75, 3.05) is 12.4 Å². The monoisotopic (exact) mass is 295 g/mol. The molecule has 1 saturated carbocycles. The molecule has 0 unspecified atom stereocenters. The molecule has 1 fully saturated rings. The second-order valence-corrected chi connectivity index (χ2v) is 5.90. The van der Waals surface area contributed by atoms with E-state index in [9.17, 15) is 4.79 Å². The van der Waals surface area contributed by atoms with Crippen LogP contribution in [0.4, 0.5) is 5.69 Å². The van der Waals surface area contributed by atoms with Crippen LogP contribution in [0.25, 0.3) is 0 Å². The lowest BCUT2D eigenvalue weighted by Crippen LogP contribution is -2.46. The van der Waals surface area contributed by atoms with E-state index in [2.05, 4.69) is 5.32 Å². The maximum atomic E-state index is 13.0. The lowest BCUT2D eigenvalue weighted by molar-refractivity contribution is -0.124. The molecule has 3 rings (SSSR count). The van der Waals surface area contributed by atoms with Gasteiger partial charge in [-0.05, 0) is 37.5 Å². The fourth-order valence-electron chi connectivity index (χ4n) is 3.14. The number of ether oxygens (including phenoxy) is 1. The summed E-state index contributed by atoms with van der Waals surface area (Å²) in [4.78, 5) is 13.0. The van der Waals surface area contributed by atoms with Crippen molar-refractivity contribution in [1.82, 2.24) is 0 Å². The highest BCUT2D eigenvalue weighted by Crippen LogP contribution is 2.47. The first kappa shape index (κ1) is 14.6. The zero-order valence-electron chi connectivity index (χ0n) is 13.1. The van der Waals surface area contributed by atoms with E-state index in [4.69, 9.17) is 4.74 Å². The van der Waals surface area contributed by atoms with Gasteiger partial charge in [0.1, 0.15) is 5.75 Å². The fourth-order valence-corrected chi connectivity index (χ4v) is 3.14. The van der Waals surface area contributed by atoms with Gasteiger partial charge in [0, 0.05) is 11.3 Å². The molecule has 0 spiro atoms. The third-order valence-electron chi connectivity index (χ3n) is 4.66. The molecule has 0 atom stereocenters. The number of rotatable bonds is 4. The van der Waals surface area contributed by atoms with E-state index in [0.29, 0.717) is 0 Å². The van der Waals surface area contributed by atoms with Gasteiger partial charge in [-0.3, -0.25) is 4.79 Å². The minimum absolute atomic E-state index is 0.0672. The lowest BCUT2D eigenvalue weighted by atomic mass is 9.63. The molecular formula is C19H21NO2. The quantitative estimate of drug-likeness (QED) is 0.923. The first-order valence-corrected chi connectivity index (χ1v) is 7.68. The Labute approximate surface area is 131 Å². The zero-order chi connectivity index (χ0) is 15.6. The average molecular weight is 295 g/mol. The van der Waals surface area contributed by atoms with Gasteiger partial charge in [0.15, 0.2) is 0 Å². The number of benzene rings is 2. The van der Waals surface area contributed by atoms with Crippen molar-refractivity contribution in [2.45, 2.75) is 31.6 Å². The Balaban J connectivity index is 1.93. The van der Waals surface area contributed by atoms with Gasteiger partial charge in [0.2, 0.25) is 5.91 Å². The summed E-state index contributed by atoms with van der Waals surface area (Å²) in [6.07, 6.45) is 2.80. The number of carbonyl (C=O) groups excluding carboxylic acids is 1. The summed E-state index contributed by atoms with van der Waals surface area (Å²) in [6.45, 7) is 2.01. The maximum absolute atomic E-state index is 13.0. The van der Waals surface area contributed by atoms with Crippen LogP contribution < -0.4 is 10.1 Å². The van der Waals surface area contributed by atoms with Gasteiger partial charge in [-0.1, -0.05) is 42.8 Å². The standard InChI is InChI=1S/C19H21NO2/c1-14-8-3-5-10-16(14)20-18(21)19(12-7-13-19)15-9-4-6-11-17(15)22-2/h3-6,8-11H,7,12-13H2,1-2H3,(H,20,21). The third-order valence-corrected chi connectivity index (χ3v) is 4.66. The van der Waals surface area contributed by atoms with Crippen LogP contribution in [-0.4, -0.2) is 13.0 Å². The summed E-state index contributed by atoms with van der Waals surface area (Å²) < 4.78 is 5.47. The summed E-state index contributed by atoms with van der Waals surface area (Å²) in [5.41, 5.74) is 2.49. The minimum Gasteiger partial charge on any atom is -0.496 e. The second kappa shape index (κ2) is 5.84. The van der Waals surface area contributed by atoms with Gasteiger partial charge in [-0.15, -0.1) is 0 Å². The number of anilines is 1. The Bertz CT molecular complexity index is 689. The summed E-state index contributed by atoms with van der Waals surface area (Å²) in [5.74, 6) is 0.861. The highest BCUT2D eigenvalue weighted by molar-refractivity contribution is 6.00. The molecule has 2 aromatic rings. The number of para-hydroxylation sites is 2. The van der Waals surface area contributed by atoms with Crippen LogP contribution in [0.3, 0.4) is 0 Å². The molecule has 0 saturated heterocycles. The van der Waals surface area contributed by atoms with Crippen molar-refractivity contribution >= 4 is 11.6 Å². The maximum Gasteiger partial charge on any atom is 0.235 e. The molecule has 1 N–H and O–H groups in total. The number of hydrogen-bond acceptors (Lipinski definition) is 2. The predicted molar refractivity (Wildman–Crippen MR) is 88.3 cm³/mol. The summed E-state index contributed by atoms with van der Waals surface area (Å²) >= 11 is 0. The molecule has 3 heteroatoms. The van der Waals surface area contributed by atoms with Crippen molar-refractivity contribution in [3.05, 3.63) is 59.7 Å². The fraction of sp³-hybridized carbons (Fsp3) is 0.316. The van der Waals surface area contributed by atoms with Crippen molar-refractivity contribution in [3.63, 3.8) is 0 Å². The zero-order valence-corrected chi connectivity index (χ0v) is 13.1. The van der Waals surface area contributed by atoms with Crippen molar-refractivity contribution in [2.24, 2.45) is 0 Å². The number of amides is 1. The van der Waals surface area contributed by atoms with E-state index in [1.807, 2.05) is 55.5 Å². The largest absolute Gasteiger partial charge is 0.496 e. The SMILES string of the molecule is COc1ccccc1C1(C(=O)Nc2ccccc2C)CCC1. The van der Waals surface area contributed by atoms with Gasteiger partial charge >= 0.3 is 0 Å². The molecular weight excluding hydrogens is 274 g/mol. The van der Waals surface area contributed by atoms with Crippen LogP contribution in [-0.2, 0) is 10.2 Å². The van der Waals surface area contributed by atoms with E-state index >= 15 is 0 Å². The molecule has 1 amide bonds. The number of hydrogen-bond donors (Lipinski definition) is 1. The van der Waals surface area contributed by atoms with Crippen LogP contribution >= 0.6 is 0 Å². The van der Waals surface area contributed by atoms with Crippen LogP contribution in [0.5, 0.6) is 5.75 Å². The summed E-state index contributed by atoms with van der Waals surface area (Å²) in [5, 5.41) is 3.11. The first-order valence-electron chi connectivity index (χ1n) is 7.68. The number of methoxy groups -OCH3 is 1. The normalized spacial score (nSPS) is 15.7. The minimum atomic E-state index is -0.463. The van der Waals surface area contributed by atoms with E-state index < -0.39 is 5.41 Å². The molecule has 114 valence electrons. The van der Waals surface area contributed by atoms with E-state index in [-0.39, 0.29) is 5.91 Å². The van der Waals surface area contributed by atoms with Crippen LogP contribution in [0, 0.1) is 6.92 Å². The van der Waals surface area contributed by atoms with E-state index in [0.717, 1.165) is 41.8 Å². The highest BCUT2D eigenvalue weighted by Gasteiger charge is 2.47. The number of carbonyl (C=O) groups is 1. The van der Waals surface area contributed by atoms with Gasteiger partial charge in [-0.25, -0.2) is 0 Å². The van der Waals surface area contributed by atoms with Crippen LogP contribution in [0.1, 0.15) is 30.4 Å². The molecule has 1 aliphatic carbocycles. The van der Waals surface area contributed by atoms with Crippen molar-refractivity contribution in [1.29, 1.82) is 0 Å². The van der Waals surface area contributed by atoms with Gasteiger partial charge in [-0.2, -0.15) is 0 Å². The topological polar surface area (TPSA) is 38.3 Å². The Hall–Kier alpha value is -2.29. The Kier molecular flexibility index (Phi) is 3.88. The number of aryl methyl sites for hydroxylation is 1. The Morgan fingerprint density at radius 2 is 1.77 bits per heavy atom. The summed E-state index contributed by atoms with van der Waals surface area (Å²) in [6, 6.07) is 15.7. The Morgan fingerprint density at radius 3 is 2.41 bits per heavy atom. The predicted octanol–water partition coefficient (Wildman–Crippen LogP) is 4.06. The molecule has 0 aliphatic heterocycles. The van der Waals surface area contributed by atoms with E-state index in [1.54, 1.807) is 7.11 Å². The van der Waals surface area contributed by atoms with Crippen molar-refractivity contribution in [3.8, 4) is 5.75 Å². The molecule has 0 aromatic heterocycles. The molecule has 22 heavy (non-hydrogen) atoms. The smallest absolute Gasteiger partial charge is 0.235 e. The highest BCUT2D eigenvalue weighted by atomic mass is 16.5. The molecule has 0 bridgehead atoms. The third kappa shape index (κ3) is 2.37. The number of nitrogens with one attached hydrogen (secondary N) is 1. The van der Waals surface area contributed by atoms with Gasteiger partial charge in [0.25, 0.3) is 0 Å². The second-order valence-electron chi connectivity index (χ2n) is 5.90. The van der Waals surface area contributed by atoms with Gasteiger partial charge < -0.3 is 10.1 Å². The Morgan fingerprint density at radius 1 is 1.09 bits per heavy atom. The van der Waals surface area contributed by atoms with Gasteiger partial charge in [0.05, 0.1) is 12.5 Å².